The molecule has 0 aliphatic rings. The van der Waals surface area contributed by atoms with Crippen LogP contribution in [-0.2, 0) is 9.53 Å². The monoisotopic (exact) mass is 210 g/mol. The average Bonchev–Trinajstić information content (AvgIpc) is 1.98. The molecule has 0 unspecified atom stereocenters. The van der Waals surface area contributed by atoms with Gasteiger partial charge in [-0.1, -0.05) is 0 Å². The summed E-state index contributed by atoms with van der Waals surface area (Å²) in [5.41, 5.74) is 0.660. The van der Waals surface area contributed by atoms with E-state index in [0.717, 1.165) is 0 Å². The third kappa shape index (κ3) is 6.11. The SMILES string of the molecule is CCC[Se]COC(=O)CC. The van der Waals surface area contributed by atoms with Crippen molar-refractivity contribution in [2.24, 2.45) is 0 Å². The molecule has 0 radical (unpaired) electrons. The maximum absolute atomic E-state index is 10.6. The molecule has 60 valence electrons. The van der Waals surface area contributed by atoms with E-state index >= 15 is 0 Å². The van der Waals surface area contributed by atoms with Crippen molar-refractivity contribution < 1.29 is 9.53 Å². The second-order valence-electron chi connectivity index (χ2n) is 1.90. The molecular formula is C7H14O2Se. The Labute approximate surface area is 68.5 Å². The zero-order valence-corrected chi connectivity index (χ0v) is 8.27. The van der Waals surface area contributed by atoms with Crippen LogP contribution in [0.5, 0.6) is 0 Å². The molecule has 0 atom stereocenters. The van der Waals surface area contributed by atoms with Crippen molar-refractivity contribution >= 4 is 20.9 Å². The molecule has 0 aromatic rings. The molecule has 0 saturated heterocycles. The van der Waals surface area contributed by atoms with Crippen molar-refractivity contribution in [1.29, 1.82) is 0 Å². The van der Waals surface area contributed by atoms with Gasteiger partial charge < -0.3 is 0 Å². The van der Waals surface area contributed by atoms with Crippen molar-refractivity contribution in [3.8, 4) is 0 Å². The molecule has 0 aliphatic heterocycles. The van der Waals surface area contributed by atoms with Gasteiger partial charge >= 0.3 is 68.0 Å². The van der Waals surface area contributed by atoms with Crippen LogP contribution in [0.15, 0.2) is 0 Å². The fourth-order valence-electron chi connectivity index (χ4n) is 0.413. The Bertz CT molecular complexity index is 93.6. The van der Waals surface area contributed by atoms with Crippen LogP contribution in [-0.4, -0.2) is 26.4 Å². The first-order chi connectivity index (χ1) is 4.81. The Morgan fingerprint density at radius 1 is 1.50 bits per heavy atom. The van der Waals surface area contributed by atoms with E-state index in [1.54, 1.807) is 0 Å². The molecule has 0 aliphatic carbocycles. The molecule has 2 nitrogen and oxygen atoms in total. The Morgan fingerprint density at radius 2 is 2.20 bits per heavy atom. The molecule has 0 fully saturated rings. The number of carbonyl (C=O) groups excluding carboxylic acids is 1. The molecule has 0 heterocycles. The minimum atomic E-state index is -0.0713. The van der Waals surface area contributed by atoms with Gasteiger partial charge in [0.2, 0.25) is 0 Å². The first-order valence-corrected chi connectivity index (χ1v) is 5.96. The first-order valence-electron chi connectivity index (χ1n) is 3.54. The fraction of sp³-hybridized carbons (Fsp3) is 0.857. The van der Waals surface area contributed by atoms with Gasteiger partial charge in [-0.3, -0.25) is 0 Å². The number of hydrogen-bond acceptors (Lipinski definition) is 2. The van der Waals surface area contributed by atoms with Crippen molar-refractivity contribution in [3.05, 3.63) is 0 Å². The van der Waals surface area contributed by atoms with Crippen LogP contribution in [0.4, 0.5) is 0 Å². The van der Waals surface area contributed by atoms with Crippen molar-refractivity contribution in [3.63, 3.8) is 0 Å². The number of rotatable bonds is 5. The molecule has 0 rings (SSSR count). The normalized spacial score (nSPS) is 9.40. The van der Waals surface area contributed by atoms with Crippen LogP contribution in [0.2, 0.25) is 5.32 Å². The van der Waals surface area contributed by atoms with E-state index in [4.69, 9.17) is 4.74 Å². The molecule has 0 spiro atoms. The zero-order valence-electron chi connectivity index (χ0n) is 6.55. The Kier molecular flexibility index (Phi) is 7.09. The van der Waals surface area contributed by atoms with Crippen molar-refractivity contribution in [2.75, 3.05) is 5.51 Å². The van der Waals surface area contributed by atoms with Crippen LogP contribution in [0, 0.1) is 0 Å². The summed E-state index contributed by atoms with van der Waals surface area (Å²) in [5.74, 6) is -0.0713. The van der Waals surface area contributed by atoms with Gasteiger partial charge in [-0.15, -0.1) is 0 Å². The second-order valence-corrected chi connectivity index (χ2v) is 4.10. The van der Waals surface area contributed by atoms with Gasteiger partial charge in [0.1, 0.15) is 0 Å². The van der Waals surface area contributed by atoms with E-state index in [1.807, 2.05) is 6.92 Å². The molecule has 0 aromatic carbocycles. The van der Waals surface area contributed by atoms with Crippen LogP contribution in [0.25, 0.3) is 0 Å². The number of ether oxygens (including phenoxy) is 1. The average molecular weight is 209 g/mol. The number of esters is 1. The summed E-state index contributed by atoms with van der Waals surface area (Å²) in [4.78, 5) is 10.6. The summed E-state index contributed by atoms with van der Waals surface area (Å²) < 4.78 is 4.88. The van der Waals surface area contributed by atoms with Crippen LogP contribution in [0.1, 0.15) is 26.7 Å². The van der Waals surface area contributed by atoms with Crippen molar-refractivity contribution in [1.82, 2.24) is 0 Å². The minimum absolute atomic E-state index is 0.0713. The van der Waals surface area contributed by atoms with Crippen LogP contribution < -0.4 is 0 Å². The summed E-state index contributed by atoms with van der Waals surface area (Å²) in [7, 11) is 0. The quantitative estimate of drug-likeness (QED) is 0.389. The van der Waals surface area contributed by atoms with Crippen molar-refractivity contribution in [2.45, 2.75) is 32.0 Å². The van der Waals surface area contributed by atoms with Gasteiger partial charge in [0.25, 0.3) is 0 Å². The van der Waals surface area contributed by atoms with Gasteiger partial charge in [-0.25, -0.2) is 0 Å². The predicted molar refractivity (Wildman–Crippen MR) is 42.1 cm³/mol. The van der Waals surface area contributed by atoms with Gasteiger partial charge in [0.15, 0.2) is 0 Å². The van der Waals surface area contributed by atoms with Gasteiger partial charge in [-0.2, -0.15) is 0 Å². The Hall–Kier alpha value is -0.0105. The van der Waals surface area contributed by atoms with E-state index in [1.165, 1.54) is 11.7 Å². The second kappa shape index (κ2) is 7.10. The number of hydrogen-bond donors (Lipinski definition) is 0. The van der Waals surface area contributed by atoms with E-state index < -0.39 is 0 Å². The Morgan fingerprint density at radius 3 is 2.70 bits per heavy atom. The van der Waals surface area contributed by atoms with E-state index in [2.05, 4.69) is 6.92 Å². The van der Waals surface area contributed by atoms with E-state index in [-0.39, 0.29) is 5.97 Å². The van der Waals surface area contributed by atoms with Gasteiger partial charge in [-0.05, 0) is 0 Å². The summed E-state index contributed by atoms with van der Waals surface area (Å²) in [6.07, 6.45) is 1.70. The maximum atomic E-state index is 10.6. The van der Waals surface area contributed by atoms with Gasteiger partial charge in [0, 0.05) is 0 Å². The summed E-state index contributed by atoms with van der Waals surface area (Å²) in [5, 5.41) is 1.21. The molecule has 10 heavy (non-hydrogen) atoms. The topological polar surface area (TPSA) is 26.3 Å². The summed E-state index contributed by atoms with van der Waals surface area (Å²) in [6.45, 7) is 3.96. The third-order valence-electron chi connectivity index (χ3n) is 0.940. The predicted octanol–water partition coefficient (Wildman–Crippen LogP) is 1.43. The van der Waals surface area contributed by atoms with E-state index in [0.29, 0.717) is 26.9 Å². The fourth-order valence-corrected chi connectivity index (χ4v) is 1.72. The standard InChI is InChI=1S/C7H14O2Se/c1-3-5-10-6-9-7(8)4-2/h3-6H2,1-2H3. The summed E-state index contributed by atoms with van der Waals surface area (Å²) >= 11 is 0.513. The summed E-state index contributed by atoms with van der Waals surface area (Å²) in [6, 6.07) is 0. The van der Waals surface area contributed by atoms with Crippen LogP contribution >= 0.6 is 0 Å². The molecule has 0 amide bonds. The molecule has 0 N–H and O–H groups in total. The van der Waals surface area contributed by atoms with Crippen LogP contribution in [0.3, 0.4) is 0 Å². The molecule has 0 bridgehead atoms. The molecular weight excluding hydrogens is 195 g/mol. The first kappa shape index (κ1) is 9.99. The zero-order chi connectivity index (χ0) is 7.82. The van der Waals surface area contributed by atoms with E-state index in [9.17, 15) is 4.79 Å². The number of carbonyl (C=O) groups is 1. The molecule has 0 saturated carbocycles. The van der Waals surface area contributed by atoms with Gasteiger partial charge in [0.05, 0.1) is 0 Å². The molecule has 3 heteroatoms. The Balaban J connectivity index is 2.96. The molecule has 0 aromatic heterocycles. The third-order valence-corrected chi connectivity index (χ3v) is 3.00.